The lowest BCUT2D eigenvalue weighted by molar-refractivity contribution is -0.155. The molecule has 1 unspecified atom stereocenters. The van der Waals surface area contributed by atoms with E-state index in [2.05, 4.69) is 4.98 Å². The molecule has 2 amide bonds. The molecule has 1 fully saturated rings. The van der Waals surface area contributed by atoms with Crippen LogP contribution in [0.4, 0.5) is 4.79 Å². The van der Waals surface area contributed by atoms with Crippen molar-refractivity contribution in [2.24, 2.45) is 0 Å². The van der Waals surface area contributed by atoms with Crippen LogP contribution in [-0.2, 0) is 19.1 Å². The van der Waals surface area contributed by atoms with Gasteiger partial charge in [-0.3, -0.25) is 9.78 Å². The first-order valence-electron chi connectivity index (χ1n) is 7.66. The maximum absolute atomic E-state index is 12.8. The molecule has 2 rings (SSSR count). The molecule has 0 radical (unpaired) electrons. The fourth-order valence-corrected chi connectivity index (χ4v) is 2.78. The molecule has 0 N–H and O–H groups in total. The maximum Gasteiger partial charge on any atom is 0.418 e. The van der Waals surface area contributed by atoms with Crippen LogP contribution in [0.2, 0.25) is 0 Å². The number of imide groups is 1. The Balaban J connectivity index is 2.43. The topological polar surface area (TPSA) is 85.8 Å². The number of esters is 1. The van der Waals surface area contributed by atoms with Crippen molar-refractivity contribution in [2.75, 3.05) is 7.11 Å². The highest BCUT2D eigenvalue weighted by Gasteiger charge is 2.58. The smallest absolute Gasteiger partial charge is 0.418 e. The lowest BCUT2D eigenvalue weighted by Gasteiger charge is -2.32. The number of nitrogens with zero attached hydrogens (tertiary/aromatic N) is 2. The van der Waals surface area contributed by atoms with E-state index in [-0.39, 0.29) is 6.42 Å². The third-order valence-electron chi connectivity index (χ3n) is 3.86. The van der Waals surface area contributed by atoms with Gasteiger partial charge in [-0.25, -0.2) is 14.5 Å². The van der Waals surface area contributed by atoms with E-state index in [1.807, 2.05) is 0 Å². The zero-order chi connectivity index (χ0) is 18.1. The van der Waals surface area contributed by atoms with Crippen molar-refractivity contribution in [3.63, 3.8) is 0 Å². The Labute approximate surface area is 140 Å². The van der Waals surface area contributed by atoms with Gasteiger partial charge in [0.05, 0.1) is 18.7 Å². The normalized spacial score (nSPS) is 24.0. The first-order valence-corrected chi connectivity index (χ1v) is 7.66. The van der Waals surface area contributed by atoms with Gasteiger partial charge in [0, 0.05) is 6.20 Å². The summed E-state index contributed by atoms with van der Waals surface area (Å²) in [6, 6.07) is 5.17. The summed E-state index contributed by atoms with van der Waals surface area (Å²) in [5.41, 5.74) is -1.72. The van der Waals surface area contributed by atoms with Gasteiger partial charge in [0.1, 0.15) is 11.1 Å². The highest BCUT2D eigenvalue weighted by molar-refractivity contribution is 6.04. The predicted octanol–water partition coefficient (Wildman–Crippen LogP) is 2.26. The van der Waals surface area contributed by atoms with E-state index in [4.69, 9.17) is 9.47 Å². The molecule has 0 spiro atoms. The van der Waals surface area contributed by atoms with E-state index >= 15 is 0 Å². The van der Waals surface area contributed by atoms with Crippen molar-refractivity contribution in [1.82, 2.24) is 9.88 Å². The molecule has 130 valence electrons. The largest absolute Gasteiger partial charge is 0.467 e. The van der Waals surface area contributed by atoms with Crippen molar-refractivity contribution in [3.05, 3.63) is 30.1 Å². The summed E-state index contributed by atoms with van der Waals surface area (Å²) < 4.78 is 10.1. The minimum absolute atomic E-state index is 0.0920. The Morgan fingerprint density at radius 2 is 2.00 bits per heavy atom. The molecule has 0 aliphatic carbocycles. The summed E-state index contributed by atoms with van der Waals surface area (Å²) in [6.07, 6.45) is 0.794. The third kappa shape index (κ3) is 3.25. The van der Waals surface area contributed by atoms with Crippen molar-refractivity contribution in [2.45, 2.75) is 51.2 Å². The molecule has 2 atom stereocenters. The molecule has 0 bridgehead atoms. The number of rotatable bonds is 2. The average molecular weight is 334 g/mol. The number of likely N-dealkylation sites (tertiary alicyclic amines) is 1. The van der Waals surface area contributed by atoms with Gasteiger partial charge in [-0.2, -0.15) is 0 Å². The van der Waals surface area contributed by atoms with Gasteiger partial charge in [0.15, 0.2) is 0 Å². The second-order valence-corrected chi connectivity index (χ2v) is 6.93. The van der Waals surface area contributed by atoms with Crippen molar-refractivity contribution >= 4 is 18.0 Å². The molecule has 24 heavy (non-hydrogen) atoms. The lowest BCUT2D eigenvalue weighted by Crippen LogP contribution is -2.54. The minimum atomic E-state index is -1.43. The molecule has 1 aromatic heterocycles. The van der Waals surface area contributed by atoms with Crippen molar-refractivity contribution in [3.8, 4) is 0 Å². The van der Waals surface area contributed by atoms with Crippen LogP contribution in [0.1, 0.15) is 45.7 Å². The summed E-state index contributed by atoms with van der Waals surface area (Å²) >= 11 is 0. The fraction of sp³-hybridized carbons (Fsp3) is 0.529. The van der Waals surface area contributed by atoms with E-state index in [9.17, 15) is 14.4 Å². The molecular weight excluding hydrogens is 312 g/mol. The number of pyridine rings is 1. The first-order chi connectivity index (χ1) is 11.1. The molecule has 1 aromatic rings. The maximum atomic E-state index is 12.8. The SMILES string of the molecule is COC(=O)[C@]1(C)CC(c2ccccn2)C(=O)N1C(=O)OC(C)(C)C. The number of ether oxygens (including phenoxy) is 2. The number of hydrogen-bond acceptors (Lipinski definition) is 6. The van der Waals surface area contributed by atoms with Crippen LogP contribution in [0.25, 0.3) is 0 Å². The van der Waals surface area contributed by atoms with Gasteiger partial charge in [0.25, 0.3) is 0 Å². The highest BCUT2D eigenvalue weighted by atomic mass is 16.6. The number of carbonyl (C=O) groups excluding carboxylic acids is 3. The van der Waals surface area contributed by atoms with Crippen LogP contribution in [0.5, 0.6) is 0 Å². The monoisotopic (exact) mass is 334 g/mol. The van der Waals surface area contributed by atoms with E-state index in [0.29, 0.717) is 5.69 Å². The van der Waals surface area contributed by atoms with Crippen LogP contribution >= 0.6 is 0 Å². The lowest BCUT2D eigenvalue weighted by atomic mass is 9.92. The zero-order valence-corrected chi connectivity index (χ0v) is 14.5. The van der Waals surface area contributed by atoms with Crippen LogP contribution < -0.4 is 0 Å². The molecule has 1 aliphatic rings. The van der Waals surface area contributed by atoms with E-state index in [0.717, 1.165) is 4.90 Å². The predicted molar refractivity (Wildman–Crippen MR) is 85.1 cm³/mol. The van der Waals surface area contributed by atoms with Crippen LogP contribution in [0, 0.1) is 0 Å². The molecule has 0 aromatic carbocycles. The fourth-order valence-electron chi connectivity index (χ4n) is 2.78. The van der Waals surface area contributed by atoms with E-state index in [1.165, 1.54) is 14.0 Å². The van der Waals surface area contributed by atoms with Gasteiger partial charge >= 0.3 is 12.1 Å². The number of carbonyl (C=O) groups is 3. The Morgan fingerprint density at radius 3 is 2.50 bits per heavy atom. The summed E-state index contributed by atoms with van der Waals surface area (Å²) in [4.78, 5) is 42.7. The average Bonchev–Trinajstić information content (AvgIpc) is 2.78. The van der Waals surface area contributed by atoms with E-state index < -0.39 is 35.0 Å². The van der Waals surface area contributed by atoms with Gasteiger partial charge in [-0.05, 0) is 46.2 Å². The van der Waals surface area contributed by atoms with E-state index in [1.54, 1.807) is 45.2 Å². The van der Waals surface area contributed by atoms with Crippen molar-refractivity contribution in [1.29, 1.82) is 0 Å². The van der Waals surface area contributed by atoms with Gasteiger partial charge in [-0.15, -0.1) is 0 Å². The summed E-state index contributed by atoms with van der Waals surface area (Å²) in [6.45, 7) is 6.58. The minimum Gasteiger partial charge on any atom is -0.467 e. The Kier molecular flexibility index (Phi) is 4.64. The molecule has 1 aliphatic heterocycles. The zero-order valence-electron chi connectivity index (χ0n) is 14.5. The van der Waals surface area contributed by atoms with Gasteiger partial charge in [-0.1, -0.05) is 6.07 Å². The number of methoxy groups -OCH3 is 1. The van der Waals surface area contributed by atoms with Crippen molar-refractivity contribution < 1.29 is 23.9 Å². The standard InChI is InChI=1S/C17H22N2O5/c1-16(2,3)24-15(22)19-13(20)11(12-8-6-7-9-18-12)10-17(19,4)14(21)23-5/h6-9,11H,10H2,1-5H3/t11?,17-/m0/s1. The van der Waals surface area contributed by atoms with Crippen LogP contribution in [-0.4, -0.2) is 46.1 Å². The second kappa shape index (κ2) is 6.22. The first kappa shape index (κ1) is 17.9. The number of hydrogen-bond donors (Lipinski definition) is 0. The molecule has 0 saturated carbocycles. The summed E-state index contributed by atoms with van der Waals surface area (Å²) in [7, 11) is 1.22. The molecule has 7 nitrogen and oxygen atoms in total. The molecule has 2 heterocycles. The Morgan fingerprint density at radius 1 is 1.33 bits per heavy atom. The summed E-state index contributed by atoms with van der Waals surface area (Å²) in [5.74, 6) is -1.89. The second-order valence-electron chi connectivity index (χ2n) is 6.93. The van der Waals surface area contributed by atoms with Gasteiger partial charge < -0.3 is 9.47 Å². The molecular formula is C17H22N2O5. The highest BCUT2D eigenvalue weighted by Crippen LogP contribution is 2.41. The third-order valence-corrected chi connectivity index (χ3v) is 3.86. The Hall–Kier alpha value is -2.44. The molecule has 1 saturated heterocycles. The van der Waals surface area contributed by atoms with Crippen LogP contribution in [0.15, 0.2) is 24.4 Å². The number of aromatic nitrogens is 1. The Bertz CT molecular complexity index is 653. The van der Waals surface area contributed by atoms with Crippen LogP contribution in [0.3, 0.4) is 0 Å². The molecule has 7 heteroatoms. The quantitative estimate of drug-likeness (QED) is 0.771. The summed E-state index contributed by atoms with van der Waals surface area (Å²) in [5, 5.41) is 0. The van der Waals surface area contributed by atoms with Gasteiger partial charge in [0.2, 0.25) is 5.91 Å². The number of amides is 2.